The van der Waals surface area contributed by atoms with Gasteiger partial charge in [0.05, 0.1) is 11.2 Å². The van der Waals surface area contributed by atoms with Crippen molar-refractivity contribution in [2.45, 2.75) is 58.1 Å². The lowest BCUT2D eigenvalue weighted by Crippen LogP contribution is -2.41. The van der Waals surface area contributed by atoms with Crippen LogP contribution in [-0.4, -0.2) is 31.5 Å². The molecule has 0 unspecified atom stereocenters. The average Bonchev–Trinajstić information content (AvgIpc) is 2.36. The zero-order valence-corrected chi connectivity index (χ0v) is 10.9. The highest BCUT2D eigenvalue weighted by molar-refractivity contribution is 6.45. The minimum Gasteiger partial charge on any atom is -0.403 e. The molecule has 0 spiro atoms. The molecule has 2 heterocycles. The summed E-state index contributed by atoms with van der Waals surface area (Å²) in [5, 5.41) is 0. The van der Waals surface area contributed by atoms with Crippen LogP contribution in [0.2, 0.25) is 6.32 Å². The second-order valence-corrected chi connectivity index (χ2v) is 6.00. The van der Waals surface area contributed by atoms with E-state index in [1.807, 2.05) is 0 Å². The fourth-order valence-electron chi connectivity index (χ4n) is 2.33. The summed E-state index contributed by atoms with van der Waals surface area (Å²) < 4.78 is 17.5. The molecule has 2 saturated heterocycles. The normalized spacial score (nSPS) is 33.0. The standard InChI is InChI=1S/C12H23BO3/c1-11(2)12(3,4)16-13(15-11)8-10-6-5-7-14-9-10/h10H,5-9H2,1-4H3/t10-/m0/s1. The van der Waals surface area contributed by atoms with E-state index < -0.39 is 0 Å². The Morgan fingerprint density at radius 1 is 1.12 bits per heavy atom. The van der Waals surface area contributed by atoms with E-state index >= 15 is 0 Å². The monoisotopic (exact) mass is 226 g/mol. The van der Waals surface area contributed by atoms with Gasteiger partial charge in [0, 0.05) is 13.2 Å². The van der Waals surface area contributed by atoms with Crippen molar-refractivity contribution in [3.63, 3.8) is 0 Å². The molecule has 0 aliphatic carbocycles. The molecular weight excluding hydrogens is 203 g/mol. The Hall–Kier alpha value is -0.0551. The summed E-state index contributed by atoms with van der Waals surface area (Å²) in [5.74, 6) is 0.600. The van der Waals surface area contributed by atoms with E-state index in [0.717, 1.165) is 19.5 Å². The van der Waals surface area contributed by atoms with Crippen molar-refractivity contribution < 1.29 is 14.0 Å². The largest absolute Gasteiger partial charge is 0.458 e. The zero-order chi connectivity index (χ0) is 11.8. The molecule has 0 bridgehead atoms. The maximum absolute atomic E-state index is 5.99. The van der Waals surface area contributed by atoms with Gasteiger partial charge < -0.3 is 14.0 Å². The molecule has 4 heteroatoms. The van der Waals surface area contributed by atoms with Gasteiger partial charge in [-0.25, -0.2) is 0 Å². The van der Waals surface area contributed by atoms with Gasteiger partial charge in [-0.2, -0.15) is 0 Å². The molecule has 0 saturated carbocycles. The fraction of sp³-hybridized carbons (Fsp3) is 1.00. The Kier molecular flexibility index (Phi) is 3.35. The highest BCUT2D eigenvalue weighted by Gasteiger charge is 2.51. The van der Waals surface area contributed by atoms with E-state index in [4.69, 9.17) is 14.0 Å². The van der Waals surface area contributed by atoms with E-state index in [0.29, 0.717) is 5.92 Å². The first-order valence-electron chi connectivity index (χ1n) is 6.34. The van der Waals surface area contributed by atoms with E-state index in [1.165, 1.54) is 12.8 Å². The number of ether oxygens (including phenoxy) is 1. The topological polar surface area (TPSA) is 27.7 Å². The van der Waals surface area contributed by atoms with Crippen LogP contribution in [0, 0.1) is 5.92 Å². The Labute approximate surface area is 99.0 Å². The average molecular weight is 226 g/mol. The predicted octanol–water partition coefficient (Wildman–Crippen LogP) is 2.51. The minimum absolute atomic E-state index is 0.0586. The van der Waals surface area contributed by atoms with Gasteiger partial charge >= 0.3 is 7.12 Å². The van der Waals surface area contributed by atoms with Crippen LogP contribution < -0.4 is 0 Å². The van der Waals surface area contributed by atoms with Crippen molar-refractivity contribution in [2.75, 3.05) is 13.2 Å². The maximum atomic E-state index is 5.99. The third-order valence-electron chi connectivity index (χ3n) is 4.08. The number of rotatable bonds is 2. The lowest BCUT2D eigenvalue weighted by molar-refractivity contribution is 0.00578. The molecule has 0 aromatic heterocycles. The zero-order valence-electron chi connectivity index (χ0n) is 10.9. The van der Waals surface area contributed by atoms with Crippen LogP contribution in [0.1, 0.15) is 40.5 Å². The maximum Gasteiger partial charge on any atom is 0.458 e. The summed E-state index contributed by atoms with van der Waals surface area (Å²) in [5.41, 5.74) is -0.402. The first-order chi connectivity index (χ1) is 7.41. The highest BCUT2D eigenvalue weighted by atomic mass is 16.7. The first-order valence-corrected chi connectivity index (χ1v) is 6.34. The van der Waals surface area contributed by atoms with Gasteiger partial charge in [0.15, 0.2) is 0 Å². The Balaban J connectivity index is 1.88. The third-order valence-corrected chi connectivity index (χ3v) is 4.08. The summed E-state index contributed by atoms with van der Waals surface area (Å²) in [4.78, 5) is 0. The summed E-state index contributed by atoms with van der Waals surface area (Å²) >= 11 is 0. The molecular formula is C12H23BO3. The van der Waals surface area contributed by atoms with Gasteiger partial charge in [-0.05, 0) is 52.8 Å². The molecule has 16 heavy (non-hydrogen) atoms. The van der Waals surface area contributed by atoms with Crippen LogP contribution in [0.4, 0.5) is 0 Å². The highest BCUT2D eigenvalue weighted by Crippen LogP contribution is 2.39. The predicted molar refractivity (Wildman–Crippen MR) is 64.4 cm³/mol. The molecule has 0 amide bonds. The van der Waals surface area contributed by atoms with E-state index in [-0.39, 0.29) is 18.3 Å². The molecule has 2 aliphatic rings. The Morgan fingerprint density at radius 3 is 2.25 bits per heavy atom. The van der Waals surface area contributed by atoms with Crippen molar-refractivity contribution in [3.05, 3.63) is 0 Å². The second kappa shape index (κ2) is 4.32. The summed E-state index contributed by atoms with van der Waals surface area (Å²) in [6.45, 7) is 10.2. The van der Waals surface area contributed by atoms with Crippen molar-refractivity contribution in [2.24, 2.45) is 5.92 Å². The first kappa shape index (κ1) is 12.4. The molecule has 92 valence electrons. The van der Waals surface area contributed by atoms with Crippen LogP contribution in [0.3, 0.4) is 0 Å². The number of hydrogen-bond donors (Lipinski definition) is 0. The molecule has 0 aromatic carbocycles. The van der Waals surface area contributed by atoms with Crippen LogP contribution in [0.5, 0.6) is 0 Å². The van der Waals surface area contributed by atoms with Crippen LogP contribution >= 0.6 is 0 Å². The second-order valence-electron chi connectivity index (χ2n) is 6.00. The van der Waals surface area contributed by atoms with E-state index in [2.05, 4.69) is 27.7 Å². The van der Waals surface area contributed by atoms with Crippen molar-refractivity contribution in [1.29, 1.82) is 0 Å². The quantitative estimate of drug-likeness (QED) is 0.677. The van der Waals surface area contributed by atoms with E-state index in [1.54, 1.807) is 0 Å². The van der Waals surface area contributed by atoms with Gasteiger partial charge in [0.1, 0.15) is 0 Å². The number of hydrogen-bond acceptors (Lipinski definition) is 3. The van der Waals surface area contributed by atoms with E-state index in [9.17, 15) is 0 Å². The van der Waals surface area contributed by atoms with Crippen LogP contribution in [-0.2, 0) is 14.0 Å². The third kappa shape index (κ3) is 2.44. The molecule has 2 rings (SSSR count). The minimum atomic E-state index is -0.201. The molecule has 0 N–H and O–H groups in total. The van der Waals surface area contributed by atoms with Gasteiger partial charge in [-0.1, -0.05) is 0 Å². The summed E-state index contributed by atoms with van der Waals surface area (Å²) in [7, 11) is -0.0586. The van der Waals surface area contributed by atoms with Gasteiger partial charge in [0.25, 0.3) is 0 Å². The molecule has 2 fully saturated rings. The Morgan fingerprint density at radius 2 is 1.75 bits per heavy atom. The smallest absolute Gasteiger partial charge is 0.403 e. The van der Waals surface area contributed by atoms with Crippen molar-refractivity contribution in [3.8, 4) is 0 Å². The van der Waals surface area contributed by atoms with Crippen LogP contribution in [0.15, 0.2) is 0 Å². The summed E-state index contributed by atoms with van der Waals surface area (Å²) in [6, 6.07) is 0. The van der Waals surface area contributed by atoms with Gasteiger partial charge in [-0.15, -0.1) is 0 Å². The van der Waals surface area contributed by atoms with Gasteiger partial charge in [0.2, 0.25) is 0 Å². The molecule has 0 aromatic rings. The molecule has 0 radical (unpaired) electrons. The SMILES string of the molecule is CC1(C)OB(C[C@@H]2CCCOC2)OC1(C)C. The van der Waals surface area contributed by atoms with Crippen LogP contribution in [0.25, 0.3) is 0 Å². The molecule has 3 nitrogen and oxygen atoms in total. The van der Waals surface area contributed by atoms with Crippen molar-refractivity contribution >= 4 is 7.12 Å². The Bertz CT molecular complexity index is 231. The lowest BCUT2D eigenvalue weighted by Gasteiger charge is -2.32. The molecule has 2 aliphatic heterocycles. The van der Waals surface area contributed by atoms with Crippen molar-refractivity contribution in [1.82, 2.24) is 0 Å². The lowest BCUT2D eigenvalue weighted by atomic mass is 9.75. The summed E-state index contributed by atoms with van der Waals surface area (Å²) in [6.07, 6.45) is 3.38. The van der Waals surface area contributed by atoms with Gasteiger partial charge in [-0.3, -0.25) is 0 Å². The molecule has 1 atom stereocenters. The fourth-order valence-corrected chi connectivity index (χ4v) is 2.33.